The van der Waals surface area contributed by atoms with Crippen molar-refractivity contribution >= 4 is 15.9 Å². The summed E-state index contributed by atoms with van der Waals surface area (Å²) in [5.74, 6) is 0.182. The number of aromatic nitrogens is 2. The number of carbonyl (C=O) groups excluding carboxylic acids is 1. The third kappa shape index (κ3) is 4.50. The molecule has 0 aliphatic carbocycles. The van der Waals surface area contributed by atoms with Crippen LogP contribution in [-0.4, -0.2) is 35.1 Å². The highest BCUT2D eigenvalue weighted by Gasteiger charge is 2.38. The van der Waals surface area contributed by atoms with E-state index in [1.807, 2.05) is 30.3 Å². The monoisotopic (exact) mass is 436 g/mol. The van der Waals surface area contributed by atoms with Gasteiger partial charge in [0.15, 0.2) is 0 Å². The largest absolute Gasteiger partial charge is 0.348 e. The van der Waals surface area contributed by atoms with Crippen molar-refractivity contribution in [3.63, 3.8) is 0 Å². The number of sulfonamides is 1. The molecular formula is C23H24N4O3S. The van der Waals surface area contributed by atoms with Gasteiger partial charge >= 0.3 is 0 Å². The number of carbonyl (C=O) groups is 1. The van der Waals surface area contributed by atoms with Crippen LogP contribution < -0.4 is 5.32 Å². The van der Waals surface area contributed by atoms with Crippen LogP contribution in [-0.2, 0) is 16.6 Å². The molecule has 1 fully saturated rings. The van der Waals surface area contributed by atoms with E-state index in [0.717, 1.165) is 5.56 Å². The molecule has 1 N–H and O–H groups in total. The molecule has 1 aromatic heterocycles. The van der Waals surface area contributed by atoms with E-state index in [1.54, 1.807) is 37.3 Å². The Morgan fingerprint density at radius 2 is 1.77 bits per heavy atom. The number of hydrogen-bond donors (Lipinski definition) is 1. The highest BCUT2D eigenvalue weighted by molar-refractivity contribution is 7.89. The molecule has 0 bridgehead atoms. The molecule has 0 saturated carbocycles. The second-order valence-electron chi connectivity index (χ2n) is 7.47. The van der Waals surface area contributed by atoms with Crippen molar-refractivity contribution in [3.05, 3.63) is 89.5 Å². The first kappa shape index (κ1) is 21.1. The molecule has 8 heteroatoms. The molecule has 7 nitrogen and oxygen atoms in total. The molecule has 2 aromatic carbocycles. The maximum absolute atomic E-state index is 13.3. The van der Waals surface area contributed by atoms with Crippen molar-refractivity contribution in [1.29, 1.82) is 0 Å². The van der Waals surface area contributed by atoms with Crippen molar-refractivity contribution in [2.24, 2.45) is 0 Å². The lowest BCUT2D eigenvalue weighted by Gasteiger charge is -2.25. The Balaban J connectivity index is 1.64. The first-order valence-electron chi connectivity index (χ1n) is 10.2. The lowest BCUT2D eigenvalue weighted by Crippen LogP contribution is -2.33. The normalized spacial score (nSPS) is 16.9. The van der Waals surface area contributed by atoms with E-state index in [9.17, 15) is 13.2 Å². The summed E-state index contributed by atoms with van der Waals surface area (Å²) in [6, 6.07) is 17.4. The molecule has 1 saturated heterocycles. The topological polar surface area (TPSA) is 92.3 Å². The van der Waals surface area contributed by atoms with Gasteiger partial charge in [0.25, 0.3) is 5.91 Å². The molecule has 1 aliphatic rings. The molecule has 0 spiro atoms. The van der Waals surface area contributed by atoms with Gasteiger partial charge in [-0.3, -0.25) is 4.79 Å². The van der Waals surface area contributed by atoms with Gasteiger partial charge in [0.1, 0.15) is 5.82 Å². The third-order valence-corrected chi connectivity index (χ3v) is 7.27. The number of benzene rings is 2. The van der Waals surface area contributed by atoms with Crippen LogP contribution in [0.5, 0.6) is 0 Å². The van der Waals surface area contributed by atoms with Gasteiger partial charge in [-0.2, -0.15) is 4.31 Å². The average molecular weight is 437 g/mol. The van der Waals surface area contributed by atoms with Crippen molar-refractivity contribution in [3.8, 4) is 0 Å². The molecule has 1 amide bonds. The van der Waals surface area contributed by atoms with Gasteiger partial charge in [0.2, 0.25) is 10.0 Å². The fourth-order valence-electron chi connectivity index (χ4n) is 3.82. The second kappa shape index (κ2) is 8.95. The lowest BCUT2D eigenvalue weighted by atomic mass is 10.1. The van der Waals surface area contributed by atoms with Crippen LogP contribution in [0.25, 0.3) is 0 Å². The fourth-order valence-corrected chi connectivity index (χ4v) is 5.50. The summed E-state index contributed by atoms with van der Waals surface area (Å²) < 4.78 is 28.0. The highest BCUT2D eigenvalue weighted by Crippen LogP contribution is 2.37. The van der Waals surface area contributed by atoms with Crippen molar-refractivity contribution in [2.45, 2.75) is 37.2 Å². The van der Waals surface area contributed by atoms with E-state index in [2.05, 4.69) is 15.3 Å². The smallest absolute Gasteiger partial charge is 0.255 e. The Morgan fingerprint density at radius 3 is 2.48 bits per heavy atom. The highest BCUT2D eigenvalue weighted by atomic mass is 32.2. The zero-order valence-corrected chi connectivity index (χ0v) is 18.0. The van der Waals surface area contributed by atoms with Crippen LogP contribution in [0.1, 0.15) is 46.3 Å². The molecule has 2 heterocycles. The lowest BCUT2D eigenvalue weighted by molar-refractivity contribution is 0.0947. The van der Waals surface area contributed by atoms with Crippen LogP contribution in [0.15, 0.2) is 71.8 Å². The van der Waals surface area contributed by atoms with Crippen LogP contribution in [0, 0.1) is 6.92 Å². The van der Waals surface area contributed by atoms with Crippen LogP contribution in [0.3, 0.4) is 0 Å². The van der Waals surface area contributed by atoms with Crippen molar-refractivity contribution < 1.29 is 13.2 Å². The van der Waals surface area contributed by atoms with Crippen LogP contribution in [0.4, 0.5) is 0 Å². The predicted octanol–water partition coefficient (Wildman–Crippen LogP) is 3.24. The van der Waals surface area contributed by atoms with E-state index in [1.165, 1.54) is 10.5 Å². The third-order valence-electron chi connectivity index (χ3n) is 5.35. The minimum Gasteiger partial charge on any atom is -0.348 e. The number of nitrogens with zero attached hydrogens (tertiary/aromatic N) is 3. The predicted molar refractivity (Wildman–Crippen MR) is 117 cm³/mol. The van der Waals surface area contributed by atoms with E-state index >= 15 is 0 Å². The summed E-state index contributed by atoms with van der Waals surface area (Å²) in [5, 5.41) is 2.90. The average Bonchev–Trinajstić information content (AvgIpc) is 3.29. The molecule has 1 atom stereocenters. The van der Waals surface area contributed by atoms with E-state index in [4.69, 9.17) is 0 Å². The number of hydrogen-bond acceptors (Lipinski definition) is 5. The standard InChI is InChI=1S/C23H24N4O3S/c1-17-24-16-20(23(28)25-15-18-9-4-2-5-10-18)22(26-17)21-13-8-14-27(21)31(29,30)19-11-6-3-7-12-19/h2-7,9-12,16,21H,8,13-15H2,1H3,(H,25,28)/t21-/m1/s1. The van der Waals surface area contributed by atoms with E-state index in [-0.39, 0.29) is 10.8 Å². The van der Waals surface area contributed by atoms with Crippen molar-refractivity contribution in [2.75, 3.05) is 6.54 Å². The molecule has 3 aromatic rings. The maximum Gasteiger partial charge on any atom is 0.255 e. The molecule has 1 aliphatic heterocycles. The van der Waals surface area contributed by atoms with E-state index < -0.39 is 16.1 Å². The first-order chi connectivity index (χ1) is 15.0. The van der Waals surface area contributed by atoms with Crippen LogP contribution in [0.2, 0.25) is 0 Å². The Hall–Kier alpha value is -3.10. The van der Waals surface area contributed by atoms with Crippen LogP contribution >= 0.6 is 0 Å². The zero-order valence-electron chi connectivity index (χ0n) is 17.2. The minimum absolute atomic E-state index is 0.239. The quantitative estimate of drug-likeness (QED) is 0.640. The summed E-state index contributed by atoms with van der Waals surface area (Å²) in [7, 11) is -3.71. The minimum atomic E-state index is -3.71. The molecular weight excluding hydrogens is 412 g/mol. The Labute approximate surface area is 182 Å². The maximum atomic E-state index is 13.3. The molecule has 0 unspecified atom stereocenters. The first-order valence-corrected chi connectivity index (χ1v) is 11.6. The van der Waals surface area contributed by atoms with Gasteiger partial charge < -0.3 is 5.32 Å². The number of rotatable bonds is 6. The second-order valence-corrected chi connectivity index (χ2v) is 9.36. The Morgan fingerprint density at radius 1 is 1.10 bits per heavy atom. The Bertz CT molecular complexity index is 1170. The van der Waals surface area contributed by atoms with Gasteiger partial charge in [-0.25, -0.2) is 18.4 Å². The van der Waals surface area contributed by atoms with Gasteiger partial charge in [-0.05, 0) is 37.5 Å². The summed E-state index contributed by atoms with van der Waals surface area (Å²) in [4.78, 5) is 21.9. The fraction of sp³-hybridized carbons (Fsp3) is 0.261. The van der Waals surface area contributed by atoms with Crippen molar-refractivity contribution in [1.82, 2.24) is 19.6 Å². The zero-order chi connectivity index (χ0) is 21.8. The number of aryl methyl sites for hydroxylation is 1. The summed E-state index contributed by atoms with van der Waals surface area (Å²) in [5.41, 5.74) is 1.73. The Kier molecular flexibility index (Phi) is 6.11. The molecule has 31 heavy (non-hydrogen) atoms. The molecule has 4 rings (SSSR count). The summed E-state index contributed by atoms with van der Waals surface area (Å²) >= 11 is 0. The van der Waals surface area contributed by atoms with Gasteiger partial charge in [-0.15, -0.1) is 0 Å². The van der Waals surface area contributed by atoms with Gasteiger partial charge in [0.05, 0.1) is 22.2 Å². The number of nitrogens with one attached hydrogen (secondary N) is 1. The summed E-state index contributed by atoms with van der Waals surface area (Å²) in [6.07, 6.45) is 2.79. The van der Waals surface area contributed by atoms with E-state index in [0.29, 0.717) is 43.0 Å². The SMILES string of the molecule is Cc1ncc(C(=O)NCc2ccccc2)c([C@H]2CCCN2S(=O)(=O)c2ccccc2)n1. The molecule has 0 radical (unpaired) electrons. The van der Waals surface area contributed by atoms with Gasteiger partial charge in [0, 0.05) is 19.3 Å². The summed E-state index contributed by atoms with van der Waals surface area (Å²) in [6.45, 7) is 2.49. The molecule has 160 valence electrons. The number of amides is 1. The van der Waals surface area contributed by atoms with Gasteiger partial charge in [-0.1, -0.05) is 48.5 Å².